The fraction of sp³-hybridized carbons (Fsp3) is 0.214. The van der Waals surface area contributed by atoms with E-state index in [1.165, 1.54) is 11.3 Å². The first-order valence-electron chi connectivity index (χ1n) is 5.94. The summed E-state index contributed by atoms with van der Waals surface area (Å²) < 4.78 is 5.59. The third-order valence-electron chi connectivity index (χ3n) is 2.69. The first-order valence-corrected chi connectivity index (χ1v) is 7.51. The molecule has 0 aliphatic rings. The molecule has 0 saturated heterocycles. The number of thiophene rings is 1. The molecule has 0 aliphatic heterocycles. The molecular weight excluding hydrogens is 319 g/mol. The van der Waals surface area contributed by atoms with Gasteiger partial charge in [0.2, 0.25) is 0 Å². The topological polar surface area (TPSA) is 46.5 Å². The summed E-state index contributed by atoms with van der Waals surface area (Å²) in [5.74, 6) is -0.600. The van der Waals surface area contributed by atoms with Gasteiger partial charge in [-0.05, 0) is 24.6 Å². The average Bonchev–Trinajstić information content (AvgIpc) is 2.81. The van der Waals surface area contributed by atoms with Crippen molar-refractivity contribution in [1.29, 1.82) is 0 Å². The molecule has 20 heavy (non-hydrogen) atoms. The monoisotopic (exact) mass is 330 g/mol. The van der Waals surface area contributed by atoms with Crippen molar-refractivity contribution in [2.24, 2.45) is 0 Å². The smallest absolute Gasteiger partial charge is 0.349 e. The number of halogens is 2. The van der Waals surface area contributed by atoms with Crippen LogP contribution in [0.5, 0.6) is 5.75 Å². The highest BCUT2D eigenvalue weighted by Crippen LogP contribution is 2.31. The minimum Gasteiger partial charge on any atom is -0.487 e. The number of benzene rings is 1. The van der Waals surface area contributed by atoms with E-state index in [2.05, 4.69) is 0 Å². The molecule has 1 N–H and O–H groups in total. The highest BCUT2D eigenvalue weighted by Gasteiger charge is 2.16. The molecule has 3 nitrogen and oxygen atoms in total. The molecule has 1 aromatic carbocycles. The molecule has 2 rings (SSSR count). The Balaban J connectivity index is 2.18. The van der Waals surface area contributed by atoms with Crippen LogP contribution in [-0.2, 0) is 13.0 Å². The van der Waals surface area contributed by atoms with Crippen molar-refractivity contribution in [3.63, 3.8) is 0 Å². The maximum atomic E-state index is 11.2. The van der Waals surface area contributed by atoms with Gasteiger partial charge in [-0.1, -0.05) is 36.2 Å². The van der Waals surface area contributed by atoms with Crippen molar-refractivity contribution in [2.45, 2.75) is 20.0 Å². The molecule has 0 saturated carbocycles. The van der Waals surface area contributed by atoms with E-state index >= 15 is 0 Å². The largest absolute Gasteiger partial charge is 0.487 e. The first-order chi connectivity index (χ1) is 9.51. The number of aryl methyl sites for hydroxylation is 1. The third-order valence-corrected chi connectivity index (χ3v) is 4.53. The van der Waals surface area contributed by atoms with Gasteiger partial charge < -0.3 is 9.84 Å². The third kappa shape index (κ3) is 3.45. The molecule has 0 unspecified atom stereocenters. The Labute approximate surface area is 130 Å². The Bertz CT molecular complexity index is 637. The second-order valence-corrected chi connectivity index (χ2v) is 6.07. The molecule has 1 aromatic heterocycles. The van der Waals surface area contributed by atoms with Crippen LogP contribution in [0.15, 0.2) is 24.3 Å². The van der Waals surface area contributed by atoms with Gasteiger partial charge in [0.15, 0.2) is 4.88 Å². The Morgan fingerprint density at radius 1 is 1.35 bits per heavy atom. The van der Waals surface area contributed by atoms with Crippen LogP contribution < -0.4 is 4.74 Å². The molecular formula is C14H12Cl2O3S. The molecule has 0 spiro atoms. The molecule has 2 aromatic rings. The van der Waals surface area contributed by atoms with Gasteiger partial charge in [0.1, 0.15) is 12.4 Å². The van der Waals surface area contributed by atoms with Gasteiger partial charge in [-0.3, -0.25) is 0 Å². The zero-order valence-corrected chi connectivity index (χ0v) is 13.0. The molecule has 106 valence electrons. The summed E-state index contributed by atoms with van der Waals surface area (Å²) in [6, 6.07) is 6.87. The summed E-state index contributed by atoms with van der Waals surface area (Å²) in [5.41, 5.74) is 0.761. The lowest BCUT2D eigenvalue weighted by Gasteiger charge is -2.07. The van der Waals surface area contributed by atoms with Crippen LogP contribution in [0, 0.1) is 0 Å². The van der Waals surface area contributed by atoms with E-state index in [4.69, 9.17) is 33.0 Å². The maximum Gasteiger partial charge on any atom is 0.349 e. The number of rotatable bonds is 5. The summed E-state index contributed by atoms with van der Waals surface area (Å²) in [6.07, 6.45) is 0.774. The Kier molecular flexibility index (Phi) is 4.91. The van der Waals surface area contributed by atoms with Gasteiger partial charge in [0, 0.05) is 20.5 Å². The maximum absolute atomic E-state index is 11.2. The summed E-state index contributed by atoms with van der Waals surface area (Å²) in [6.45, 7) is 2.17. The van der Waals surface area contributed by atoms with Crippen molar-refractivity contribution in [1.82, 2.24) is 0 Å². The number of ether oxygens (including phenoxy) is 1. The van der Waals surface area contributed by atoms with Crippen LogP contribution in [0.3, 0.4) is 0 Å². The van der Waals surface area contributed by atoms with Crippen molar-refractivity contribution in [3.05, 3.63) is 49.6 Å². The quantitative estimate of drug-likeness (QED) is 0.848. The fourth-order valence-corrected chi connectivity index (χ4v) is 2.99. The summed E-state index contributed by atoms with van der Waals surface area (Å²) in [4.78, 5) is 12.3. The fourth-order valence-electron chi connectivity index (χ4n) is 1.65. The van der Waals surface area contributed by atoms with Crippen molar-refractivity contribution >= 4 is 40.5 Å². The lowest BCUT2D eigenvalue weighted by atomic mass is 10.2. The normalized spacial score (nSPS) is 10.6. The van der Waals surface area contributed by atoms with Crippen LogP contribution >= 0.6 is 34.5 Å². The zero-order chi connectivity index (χ0) is 14.7. The van der Waals surface area contributed by atoms with E-state index in [1.54, 1.807) is 24.3 Å². The van der Waals surface area contributed by atoms with Crippen LogP contribution in [0.25, 0.3) is 0 Å². The van der Waals surface area contributed by atoms with Gasteiger partial charge in [-0.2, -0.15) is 0 Å². The van der Waals surface area contributed by atoms with E-state index < -0.39 is 5.97 Å². The van der Waals surface area contributed by atoms with E-state index in [0.717, 1.165) is 16.9 Å². The van der Waals surface area contributed by atoms with Gasteiger partial charge >= 0.3 is 5.97 Å². The Morgan fingerprint density at radius 3 is 2.70 bits per heavy atom. The minimum atomic E-state index is -0.980. The Hall–Kier alpha value is -1.23. The van der Waals surface area contributed by atoms with Gasteiger partial charge in [0.25, 0.3) is 0 Å². The summed E-state index contributed by atoms with van der Waals surface area (Å²) >= 11 is 13.1. The standard InChI is InChI=1S/C14H12Cl2O3S/c1-2-10-6-12(13(20-10)14(17)18)19-7-8-3-4-9(15)5-11(8)16/h3-6H,2,7H2,1H3,(H,17,18). The number of aromatic carboxylic acids is 1. The number of carboxylic acid groups (broad SMARTS) is 1. The molecule has 6 heteroatoms. The van der Waals surface area contributed by atoms with Crippen molar-refractivity contribution < 1.29 is 14.6 Å². The van der Waals surface area contributed by atoms with Crippen molar-refractivity contribution in [2.75, 3.05) is 0 Å². The summed E-state index contributed by atoms with van der Waals surface area (Å²) in [5, 5.41) is 10.2. The van der Waals surface area contributed by atoms with Crippen molar-refractivity contribution in [3.8, 4) is 5.75 Å². The van der Waals surface area contributed by atoms with E-state index in [9.17, 15) is 4.79 Å². The molecule has 0 fully saturated rings. The molecule has 0 bridgehead atoms. The Morgan fingerprint density at radius 2 is 2.10 bits per heavy atom. The molecule has 0 atom stereocenters. The van der Waals surface area contributed by atoms with Crippen LogP contribution in [0.1, 0.15) is 27.0 Å². The molecule has 0 amide bonds. The van der Waals surface area contributed by atoms with Crippen LogP contribution in [0.2, 0.25) is 10.0 Å². The highest BCUT2D eigenvalue weighted by atomic mass is 35.5. The van der Waals surface area contributed by atoms with E-state index in [0.29, 0.717) is 15.8 Å². The lowest BCUT2D eigenvalue weighted by Crippen LogP contribution is -2.00. The second-order valence-electron chi connectivity index (χ2n) is 4.09. The van der Waals surface area contributed by atoms with Gasteiger partial charge in [-0.15, -0.1) is 11.3 Å². The number of hydrogen-bond acceptors (Lipinski definition) is 3. The lowest BCUT2D eigenvalue weighted by molar-refractivity contribution is 0.0697. The minimum absolute atomic E-state index is 0.205. The SMILES string of the molecule is CCc1cc(OCc2ccc(Cl)cc2Cl)c(C(=O)O)s1. The average molecular weight is 331 g/mol. The molecule has 1 heterocycles. The highest BCUT2D eigenvalue weighted by molar-refractivity contribution is 7.14. The zero-order valence-electron chi connectivity index (χ0n) is 10.7. The first kappa shape index (κ1) is 15.2. The predicted molar refractivity (Wildman–Crippen MR) is 81.5 cm³/mol. The van der Waals surface area contributed by atoms with Gasteiger partial charge in [-0.25, -0.2) is 4.79 Å². The van der Waals surface area contributed by atoms with Crippen LogP contribution in [0.4, 0.5) is 0 Å². The number of carboxylic acids is 1. The number of carbonyl (C=O) groups is 1. The second kappa shape index (κ2) is 6.48. The summed E-state index contributed by atoms with van der Waals surface area (Å²) in [7, 11) is 0. The molecule has 0 aliphatic carbocycles. The van der Waals surface area contributed by atoms with Gasteiger partial charge in [0.05, 0.1) is 0 Å². The molecule has 0 radical (unpaired) electrons. The van der Waals surface area contributed by atoms with E-state index in [1.807, 2.05) is 6.92 Å². The van der Waals surface area contributed by atoms with E-state index in [-0.39, 0.29) is 11.5 Å². The predicted octanol–water partition coefficient (Wildman–Crippen LogP) is 4.89. The number of hydrogen-bond donors (Lipinski definition) is 1. The van der Waals surface area contributed by atoms with Crippen LogP contribution in [-0.4, -0.2) is 11.1 Å².